The summed E-state index contributed by atoms with van der Waals surface area (Å²) < 4.78 is 6.82. The van der Waals surface area contributed by atoms with Crippen LogP contribution in [0.25, 0.3) is 10.1 Å². The molecule has 1 fully saturated rings. The highest BCUT2D eigenvalue weighted by Gasteiger charge is 2.32. The second-order valence-corrected chi connectivity index (χ2v) is 6.01. The fraction of sp³-hybridized carbons (Fsp3) is 0.357. The van der Waals surface area contributed by atoms with Gasteiger partial charge in [-0.05, 0) is 42.0 Å². The summed E-state index contributed by atoms with van der Waals surface area (Å²) in [5.74, 6) is -0.109. The Morgan fingerprint density at radius 3 is 3.05 bits per heavy atom. The standard InChI is InChI=1S/C14H16N2O2S/c1-14(8-15-9-14)18-7-13(17)16-11-2-3-12-10(6-11)4-5-19-12/h2-6,15H,7-9H2,1H3,(H,16,17). The van der Waals surface area contributed by atoms with Crippen molar-refractivity contribution in [1.29, 1.82) is 0 Å². The van der Waals surface area contributed by atoms with Gasteiger partial charge in [0, 0.05) is 23.5 Å². The van der Waals surface area contributed by atoms with Crippen molar-refractivity contribution >= 4 is 33.0 Å². The number of fused-ring (bicyclic) bond motifs is 1. The fourth-order valence-electron chi connectivity index (χ4n) is 2.06. The van der Waals surface area contributed by atoms with Gasteiger partial charge in [-0.2, -0.15) is 0 Å². The van der Waals surface area contributed by atoms with E-state index in [1.165, 1.54) is 4.70 Å². The Kier molecular flexibility index (Phi) is 3.26. The fourth-order valence-corrected chi connectivity index (χ4v) is 2.83. The predicted molar refractivity (Wildman–Crippen MR) is 77.7 cm³/mol. The van der Waals surface area contributed by atoms with Crippen LogP contribution in [0.15, 0.2) is 29.6 Å². The molecule has 2 aromatic rings. The van der Waals surface area contributed by atoms with Gasteiger partial charge in [-0.1, -0.05) is 0 Å². The summed E-state index contributed by atoms with van der Waals surface area (Å²) in [5, 5.41) is 9.20. The monoisotopic (exact) mass is 276 g/mol. The maximum absolute atomic E-state index is 11.8. The molecule has 0 radical (unpaired) electrons. The highest BCUT2D eigenvalue weighted by Crippen LogP contribution is 2.24. The number of hydrogen-bond donors (Lipinski definition) is 2. The van der Waals surface area contributed by atoms with E-state index in [4.69, 9.17) is 4.74 Å². The van der Waals surface area contributed by atoms with E-state index >= 15 is 0 Å². The maximum Gasteiger partial charge on any atom is 0.250 e. The Labute approximate surface area is 115 Å². The van der Waals surface area contributed by atoms with Gasteiger partial charge in [0.2, 0.25) is 5.91 Å². The van der Waals surface area contributed by atoms with E-state index in [1.807, 2.05) is 36.6 Å². The van der Waals surface area contributed by atoms with Crippen molar-refractivity contribution in [1.82, 2.24) is 5.32 Å². The van der Waals surface area contributed by atoms with Gasteiger partial charge in [0.1, 0.15) is 6.61 Å². The van der Waals surface area contributed by atoms with E-state index in [0.717, 1.165) is 24.2 Å². The first-order valence-electron chi connectivity index (χ1n) is 6.26. The number of amides is 1. The molecule has 1 aliphatic rings. The molecular weight excluding hydrogens is 260 g/mol. The van der Waals surface area contributed by atoms with Crippen molar-refractivity contribution in [3.05, 3.63) is 29.6 Å². The van der Waals surface area contributed by atoms with E-state index < -0.39 is 0 Å². The topological polar surface area (TPSA) is 50.4 Å². The third-order valence-corrected chi connectivity index (χ3v) is 4.18. The smallest absolute Gasteiger partial charge is 0.250 e. The maximum atomic E-state index is 11.8. The van der Waals surface area contributed by atoms with E-state index in [-0.39, 0.29) is 18.1 Å². The Morgan fingerprint density at radius 1 is 1.47 bits per heavy atom. The summed E-state index contributed by atoms with van der Waals surface area (Å²) in [6.07, 6.45) is 0. The quantitative estimate of drug-likeness (QED) is 0.900. The summed E-state index contributed by atoms with van der Waals surface area (Å²) in [6, 6.07) is 7.97. The number of rotatable bonds is 4. The average Bonchev–Trinajstić information content (AvgIpc) is 2.81. The molecule has 1 amide bonds. The van der Waals surface area contributed by atoms with E-state index in [2.05, 4.69) is 10.6 Å². The Morgan fingerprint density at radius 2 is 2.32 bits per heavy atom. The lowest BCUT2D eigenvalue weighted by Crippen LogP contribution is -2.59. The predicted octanol–water partition coefficient (Wildman–Crippen LogP) is 2.22. The second kappa shape index (κ2) is 4.92. The normalized spacial score (nSPS) is 17.1. The third kappa shape index (κ3) is 2.78. The zero-order valence-corrected chi connectivity index (χ0v) is 11.5. The number of hydrogen-bond acceptors (Lipinski definition) is 4. The van der Waals surface area contributed by atoms with Crippen LogP contribution in [0.1, 0.15) is 6.92 Å². The molecule has 2 N–H and O–H groups in total. The molecule has 1 aromatic heterocycles. The molecule has 0 bridgehead atoms. The summed E-state index contributed by atoms with van der Waals surface area (Å²) >= 11 is 1.69. The summed E-state index contributed by atoms with van der Waals surface area (Å²) in [5.41, 5.74) is 0.630. The van der Waals surface area contributed by atoms with Crippen LogP contribution in [-0.2, 0) is 9.53 Å². The van der Waals surface area contributed by atoms with Crippen LogP contribution >= 0.6 is 11.3 Å². The van der Waals surface area contributed by atoms with Crippen LogP contribution < -0.4 is 10.6 Å². The summed E-state index contributed by atoms with van der Waals surface area (Å²) in [4.78, 5) is 11.8. The average molecular weight is 276 g/mol. The number of benzene rings is 1. The van der Waals surface area contributed by atoms with Crippen LogP contribution in [0.5, 0.6) is 0 Å². The molecular formula is C14H16N2O2S. The molecule has 3 rings (SSSR count). The van der Waals surface area contributed by atoms with Crippen LogP contribution in [0.3, 0.4) is 0 Å². The van der Waals surface area contributed by atoms with Crippen molar-refractivity contribution < 1.29 is 9.53 Å². The molecule has 19 heavy (non-hydrogen) atoms. The first kappa shape index (κ1) is 12.6. The van der Waals surface area contributed by atoms with Gasteiger partial charge in [0.25, 0.3) is 0 Å². The molecule has 2 heterocycles. The highest BCUT2D eigenvalue weighted by molar-refractivity contribution is 7.17. The third-order valence-electron chi connectivity index (χ3n) is 3.29. The Bertz CT molecular complexity index is 604. The lowest BCUT2D eigenvalue weighted by atomic mass is 10.0. The van der Waals surface area contributed by atoms with Gasteiger partial charge >= 0.3 is 0 Å². The van der Waals surface area contributed by atoms with Crippen LogP contribution in [0.4, 0.5) is 5.69 Å². The van der Waals surface area contributed by atoms with Gasteiger partial charge < -0.3 is 15.4 Å². The van der Waals surface area contributed by atoms with Gasteiger partial charge in [-0.3, -0.25) is 4.79 Å². The molecule has 0 spiro atoms. The van der Waals surface area contributed by atoms with Crippen molar-refractivity contribution in [2.24, 2.45) is 0 Å². The zero-order chi connectivity index (χ0) is 13.3. The minimum atomic E-state index is -0.186. The SMILES string of the molecule is CC1(OCC(=O)Nc2ccc3sccc3c2)CNC1. The summed E-state index contributed by atoms with van der Waals surface area (Å²) in [7, 11) is 0. The molecule has 4 nitrogen and oxygen atoms in total. The minimum Gasteiger partial charge on any atom is -0.363 e. The molecule has 0 aliphatic carbocycles. The first-order valence-corrected chi connectivity index (χ1v) is 7.14. The van der Waals surface area contributed by atoms with Gasteiger partial charge in [-0.25, -0.2) is 0 Å². The van der Waals surface area contributed by atoms with E-state index in [9.17, 15) is 4.79 Å². The minimum absolute atomic E-state index is 0.0971. The largest absolute Gasteiger partial charge is 0.363 e. The van der Waals surface area contributed by atoms with Gasteiger partial charge in [0.15, 0.2) is 0 Å². The van der Waals surface area contributed by atoms with Crippen LogP contribution in [0, 0.1) is 0 Å². The molecule has 1 saturated heterocycles. The summed E-state index contributed by atoms with van der Waals surface area (Å²) in [6.45, 7) is 3.72. The van der Waals surface area contributed by atoms with Crippen molar-refractivity contribution in [2.45, 2.75) is 12.5 Å². The lowest BCUT2D eigenvalue weighted by Gasteiger charge is -2.38. The Hall–Kier alpha value is -1.43. The van der Waals surface area contributed by atoms with Crippen molar-refractivity contribution in [2.75, 3.05) is 25.0 Å². The number of carbonyl (C=O) groups excluding carboxylic acids is 1. The first-order chi connectivity index (χ1) is 9.15. The molecule has 0 atom stereocenters. The molecule has 1 aromatic carbocycles. The van der Waals surface area contributed by atoms with Crippen LogP contribution in [-0.4, -0.2) is 31.2 Å². The molecule has 0 unspecified atom stereocenters. The number of anilines is 1. The molecule has 100 valence electrons. The lowest BCUT2D eigenvalue weighted by molar-refractivity contribution is -0.130. The molecule has 1 aliphatic heterocycles. The number of ether oxygens (including phenoxy) is 1. The van der Waals surface area contributed by atoms with Crippen molar-refractivity contribution in [3.8, 4) is 0 Å². The molecule has 5 heteroatoms. The van der Waals surface area contributed by atoms with Crippen LogP contribution in [0.2, 0.25) is 0 Å². The van der Waals surface area contributed by atoms with E-state index in [0.29, 0.717) is 0 Å². The highest BCUT2D eigenvalue weighted by atomic mass is 32.1. The van der Waals surface area contributed by atoms with Crippen molar-refractivity contribution in [3.63, 3.8) is 0 Å². The van der Waals surface area contributed by atoms with Gasteiger partial charge in [-0.15, -0.1) is 11.3 Å². The number of carbonyl (C=O) groups is 1. The molecule has 0 saturated carbocycles. The number of nitrogens with one attached hydrogen (secondary N) is 2. The second-order valence-electron chi connectivity index (χ2n) is 5.06. The van der Waals surface area contributed by atoms with E-state index in [1.54, 1.807) is 11.3 Å². The number of thiophene rings is 1. The van der Waals surface area contributed by atoms with Gasteiger partial charge in [0.05, 0.1) is 5.60 Å². The zero-order valence-electron chi connectivity index (χ0n) is 10.7. The Balaban J connectivity index is 1.59.